The van der Waals surface area contributed by atoms with Crippen LogP contribution < -0.4 is 5.32 Å². The number of amides is 1. The van der Waals surface area contributed by atoms with Crippen LogP contribution in [0.5, 0.6) is 0 Å². The molecule has 3 heterocycles. The molecule has 1 N–H and O–H groups in total. The summed E-state index contributed by atoms with van der Waals surface area (Å²) in [4.78, 5) is 13.3. The molecule has 0 bridgehead atoms. The van der Waals surface area contributed by atoms with E-state index in [9.17, 15) is 4.79 Å². The number of carbonyl (C=O) groups is 1. The predicted octanol–water partition coefficient (Wildman–Crippen LogP) is 3.80. The van der Waals surface area contributed by atoms with Crippen LogP contribution >= 0.6 is 23.1 Å². The molecule has 6 nitrogen and oxygen atoms in total. The lowest BCUT2D eigenvalue weighted by atomic mass is 10.2. The van der Waals surface area contributed by atoms with Gasteiger partial charge in [-0.25, -0.2) is 0 Å². The SMILES string of the molecule is O=C(CSc1nnc(-c2cccs2)n1Cc1ccco1)NC1CCCC1. The smallest absolute Gasteiger partial charge is 0.230 e. The average molecular weight is 389 g/mol. The van der Waals surface area contributed by atoms with Crippen molar-refractivity contribution >= 4 is 29.0 Å². The Morgan fingerprint density at radius 3 is 2.92 bits per heavy atom. The minimum atomic E-state index is 0.0622. The Morgan fingerprint density at radius 2 is 2.19 bits per heavy atom. The third-order valence-electron chi connectivity index (χ3n) is 4.41. The zero-order valence-corrected chi connectivity index (χ0v) is 15.9. The van der Waals surface area contributed by atoms with E-state index in [-0.39, 0.29) is 5.91 Å². The first-order chi connectivity index (χ1) is 12.8. The molecule has 0 saturated heterocycles. The Balaban J connectivity index is 1.48. The molecule has 1 fully saturated rings. The van der Waals surface area contributed by atoms with Crippen molar-refractivity contribution in [3.05, 3.63) is 41.7 Å². The molecule has 1 aliphatic carbocycles. The molecule has 0 atom stereocenters. The van der Waals surface area contributed by atoms with E-state index in [1.807, 2.05) is 34.2 Å². The summed E-state index contributed by atoms with van der Waals surface area (Å²) in [7, 11) is 0. The summed E-state index contributed by atoms with van der Waals surface area (Å²) >= 11 is 3.04. The summed E-state index contributed by atoms with van der Waals surface area (Å²) < 4.78 is 7.50. The van der Waals surface area contributed by atoms with Crippen molar-refractivity contribution in [1.82, 2.24) is 20.1 Å². The molecular weight excluding hydrogens is 368 g/mol. The van der Waals surface area contributed by atoms with Gasteiger partial charge in [-0.2, -0.15) is 0 Å². The third-order valence-corrected chi connectivity index (χ3v) is 6.24. The number of nitrogens with one attached hydrogen (secondary N) is 1. The largest absolute Gasteiger partial charge is 0.467 e. The molecule has 4 rings (SSSR count). The summed E-state index contributed by atoms with van der Waals surface area (Å²) in [6.45, 7) is 0.541. The topological polar surface area (TPSA) is 73.0 Å². The lowest BCUT2D eigenvalue weighted by Gasteiger charge is -2.12. The quantitative estimate of drug-likeness (QED) is 0.623. The highest BCUT2D eigenvalue weighted by atomic mass is 32.2. The number of rotatable bonds is 7. The molecule has 0 aromatic carbocycles. The standard InChI is InChI=1S/C18H20N4O2S2/c23-16(19-13-5-1-2-6-13)12-26-18-21-20-17(15-8-4-10-25-15)22(18)11-14-7-3-9-24-14/h3-4,7-10,13H,1-2,5-6,11-12H2,(H,19,23). The van der Waals surface area contributed by atoms with Crippen molar-refractivity contribution in [2.45, 2.75) is 43.4 Å². The molecule has 3 aromatic heterocycles. The molecule has 26 heavy (non-hydrogen) atoms. The number of carbonyl (C=O) groups excluding carboxylic acids is 1. The van der Waals surface area contributed by atoms with Crippen LogP contribution in [0.25, 0.3) is 10.7 Å². The molecule has 0 radical (unpaired) electrons. The highest BCUT2D eigenvalue weighted by Gasteiger charge is 2.20. The van der Waals surface area contributed by atoms with Gasteiger partial charge in [-0.05, 0) is 36.4 Å². The van der Waals surface area contributed by atoms with Crippen LogP contribution in [-0.4, -0.2) is 32.5 Å². The Bertz CT molecular complexity index is 837. The van der Waals surface area contributed by atoms with Crippen LogP contribution in [0, 0.1) is 0 Å². The van der Waals surface area contributed by atoms with Crippen molar-refractivity contribution < 1.29 is 9.21 Å². The summed E-state index contributed by atoms with van der Waals surface area (Å²) in [6, 6.07) is 8.15. The van der Waals surface area contributed by atoms with E-state index in [0.717, 1.165) is 34.5 Å². The van der Waals surface area contributed by atoms with Gasteiger partial charge < -0.3 is 9.73 Å². The average Bonchev–Trinajstić information content (AvgIpc) is 3.42. The first-order valence-corrected chi connectivity index (χ1v) is 10.6. The number of thiophene rings is 1. The van der Waals surface area contributed by atoms with E-state index in [1.54, 1.807) is 17.6 Å². The Hall–Kier alpha value is -2.06. The summed E-state index contributed by atoms with van der Waals surface area (Å²) in [6.07, 6.45) is 6.26. The van der Waals surface area contributed by atoms with Gasteiger partial charge in [-0.1, -0.05) is 30.7 Å². The highest BCUT2D eigenvalue weighted by molar-refractivity contribution is 7.99. The minimum Gasteiger partial charge on any atom is -0.467 e. The van der Waals surface area contributed by atoms with Gasteiger partial charge in [-0.15, -0.1) is 21.5 Å². The monoisotopic (exact) mass is 388 g/mol. The van der Waals surface area contributed by atoms with E-state index >= 15 is 0 Å². The summed E-state index contributed by atoms with van der Waals surface area (Å²) in [5.74, 6) is 2.04. The molecule has 136 valence electrons. The van der Waals surface area contributed by atoms with Crippen LogP contribution in [0.2, 0.25) is 0 Å². The Labute approximate surface area is 160 Å². The van der Waals surface area contributed by atoms with Crippen molar-refractivity contribution in [1.29, 1.82) is 0 Å². The van der Waals surface area contributed by atoms with Gasteiger partial charge in [-0.3, -0.25) is 9.36 Å². The van der Waals surface area contributed by atoms with Crippen LogP contribution in [0.15, 0.2) is 45.5 Å². The molecule has 1 aliphatic rings. The highest BCUT2D eigenvalue weighted by Crippen LogP contribution is 2.28. The second-order valence-electron chi connectivity index (χ2n) is 6.29. The fourth-order valence-electron chi connectivity index (χ4n) is 3.15. The fraction of sp³-hybridized carbons (Fsp3) is 0.389. The molecule has 0 aliphatic heterocycles. The first kappa shape index (κ1) is 17.4. The Kier molecular flexibility index (Phi) is 5.40. The van der Waals surface area contributed by atoms with E-state index in [2.05, 4.69) is 15.5 Å². The molecule has 8 heteroatoms. The maximum absolute atomic E-state index is 12.2. The van der Waals surface area contributed by atoms with Crippen LogP contribution in [0.4, 0.5) is 0 Å². The minimum absolute atomic E-state index is 0.0622. The van der Waals surface area contributed by atoms with Crippen LogP contribution in [0.1, 0.15) is 31.4 Å². The van der Waals surface area contributed by atoms with E-state index < -0.39 is 0 Å². The van der Waals surface area contributed by atoms with Gasteiger partial charge in [0.15, 0.2) is 11.0 Å². The lowest BCUT2D eigenvalue weighted by molar-refractivity contribution is -0.119. The van der Waals surface area contributed by atoms with E-state index in [4.69, 9.17) is 4.42 Å². The molecule has 1 saturated carbocycles. The van der Waals surface area contributed by atoms with Gasteiger partial charge in [0.05, 0.1) is 23.4 Å². The van der Waals surface area contributed by atoms with Crippen molar-refractivity contribution in [3.8, 4) is 10.7 Å². The second kappa shape index (κ2) is 8.09. The van der Waals surface area contributed by atoms with Crippen molar-refractivity contribution in [2.75, 3.05) is 5.75 Å². The van der Waals surface area contributed by atoms with Gasteiger partial charge >= 0.3 is 0 Å². The van der Waals surface area contributed by atoms with Crippen LogP contribution in [0.3, 0.4) is 0 Å². The summed E-state index contributed by atoms with van der Waals surface area (Å²) in [5.41, 5.74) is 0. The first-order valence-electron chi connectivity index (χ1n) is 8.71. The van der Waals surface area contributed by atoms with Gasteiger partial charge in [0.25, 0.3) is 0 Å². The van der Waals surface area contributed by atoms with Gasteiger partial charge in [0.1, 0.15) is 5.76 Å². The van der Waals surface area contributed by atoms with Crippen molar-refractivity contribution in [3.63, 3.8) is 0 Å². The molecule has 0 unspecified atom stereocenters. The van der Waals surface area contributed by atoms with Crippen molar-refractivity contribution in [2.24, 2.45) is 0 Å². The number of hydrogen-bond acceptors (Lipinski definition) is 6. The van der Waals surface area contributed by atoms with E-state index in [0.29, 0.717) is 18.3 Å². The van der Waals surface area contributed by atoms with Gasteiger partial charge in [0, 0.05) is 6.04 Å². The lowest BCUT2D eigenvalue weighted by Crippen LogP contribution is -2.33. The number of thioether (sulfide) groups is 1. The zero-order valence-electron chi connectivity index (χ0n) is 14.3. The zero-order chi connectivity index (χ0) is 17.8. The van der Waals surface area contributed by atoms with E-state index in [1.165, 1.54) is 24.6 Å². The predicted molar refractivity (Wildman–Crippen MR) is 102 cm³/mol. The normalized spacial score (nSPS) is 14.8. The number of nitrogens with zero attached hydrogens (tertiary/aromatic N) is 3. The molecular formula is C18H20N4O2S2. The third kappa shape index (κ3) is 4.02. The maximum Gasteiger partial charge on any atom is 0.230 e. The number of hydrogen-bond donors (Lipinski definition) is 1. The van der Waals surface area contributed by atoms with Crippen LogP contribution in [-0.2, 0) is 11.3 Å². The number of aromatic nitrogens is 3. The Morgan fingerprint density at radius 1 is 1.31 bits per heavy atom. The summed E-state index contributed by atoms with van der Waals surface area (Å²) in [5, 5.41) is 14.5. The van der Waals surface area contributed by atoms with Gasteiger partial charge in [0.2, 0.25) is 5.91 Å². The number of furan rings is 1. The second-order valence-corrected chi connectivity index (χ2v) is 8.18. The fourth-order valence-corrected chi connectivity index (χ4v) is 4.62. The molecule has 0 spiro atoms. The maximum atomic E-state index is 12.2. The molecule has 1 amide bonds. The molecule has 3 aromatic rings.